The van der Waals surface area contributed by atoms with Crippen molar-refractivity contribution in [2.24, 2.45) is 0 Å². The van der Waals surface area contributed by atoms with Crippen molar-refractivity contribution in [3.63, 3.8) is 0 Å². The maximum atomic E-state index is 5.53. The van der Waals surface area contributed by atoms with Gasteiger partial charge in [-0.15, -0.1) is 0 Å². The Bertz CT molecular complexity index is 374. The van der Waals surface area contributed by atoms with Crippen LogP contribution in [0.15, 0.2) is 12.1 Å². The second kappa shape index (κ2) is 7.14. The SMILES string of the molecule is CCCC(CC)c1ccc(OC)c(OC)c1OC. The lowest BCUT2D eigenvalue weighted by Gasteiger charge is -2.21. The zero-order valence-corrected chi connectivity index (χ0v) is 12.1. The van der Waals surface area contributed by atoms with Crippen molar-refractivity contribution in [3.8, 4) is 17.2 Å². The van der Waals surface area contributed by atoms with E-state index in [0.29, 0.717) is 17.4 Å². The number of rotatable bonds is 7. The average Bonchev–Trinajstić information content (AvgIpc) is 2.42. The second-order valence-corrected chi connectivity index (χ2v) is 4.32. The van der Waals surface area contributed by atoms with Crippen molar-refractivity contribution in [1.82, 2.24) is 0 Å². The molecule has 0 bridgehead atoms. The summed E-state index contributed by atoms with van der Waals surface area (Å²) in [7, 11) is 4.96. The fourth-order valence-corrected chi connectivity index (χ4v) is 2.37. The molecule has 3 nitrogen and oxygen atoms in total. The molecular weight excluding hydrogens is 228 g/mol. The lowest BCUT2D eigenvalue weighted by molar-refractivity contribution is 0.320. The molecule has 0 amide bonds. The van der Waals surface area contributed by atoms with Crippen LogP contribution in [-0.4, -0.2) is 21.3 Å². The monoisotopic (exact) mass is 252 g/mol. The van der Waals surface area contributed by atoms with Gasteiger partial charge >= 0.3 is 0 Å². The van der Waals surface area contributed by atoms with Gasteiger partial charge in [0.15, 0.2) is 11.5 Å². The van der Waals surface area contributed by atoms with Gasteiger partial charge in [0.25, 0.3) is 0 Å². The van der Waals surface area contributed by atoms with Crippen LogP contribution in [0.1, 0.15) is 44.6 Å². The summed E-state index contributed by atoms with van der Waals surface area (Å²) in [6, 6.07) is 4.04. The van der Waals surface area contributed by atoms with E-state index in [0.717, 1.165) is 25.0 Å². The Morgan fingerprint density at radius 3 is 2.06 bits per heavy atom. The number of hydrogen-bond acceptors (Lipinski definition) is 3. The summed E-state index contributed by atoms with van der Waals surface area (Å²) in [6.45, 7) is 4.41. The third-order valence-corrected chi connectivity index (χ3v) is 3.30. The lowest BCUT2D eigenvalue weighted by atomic mass is 9.91. The highest BCUT2D eigenvalue weighted by atomic mass is 16.5. The number of hydrogen-bond donors (Lipinski definition) is 0. The van der Waals surface area contributed by atoms with Crippen LogP contribution >= 0.6 is 0 Å². The first-order valence-electron chi connectivity index (χ1n) is 6.52. The predicted molar refractivity (Wildman–Crippen MR) is 74.0 cm³/mol. The van der Waals surface area contributed by atoms with Crippen molar-refractivity contribution in [1.29, 1.82) is 0 Å². The van der Waals surface area contributed by atoms with E-state index in [9.17, 15) is 0 Å². The Labute approximate surface area is 110 Å². The van der Waals surface area contributed by atoms with Crippen molar-refractivity contribution in [3.05, 3.63) is 17.7 Å². The first-order valence-corrected chi connectivity index (χ1v) is 6.52. The molecule has 0 radical (unpaired) electrons. The van der Waals surface area contributed by atoms with Crippen molar-refractivity contribution in [2.45, 2.75) is 39.0 Å². The van der Waals surface area contributed by atoms with Gasteiger partial charge in [-0.3, -0.25) is 0 Å². The van der Waals surface area contributed by atoms with Gasteiger partial charge in [-0.25, -0.2) is 0 Å². The Hall–Kier alpha value is -1.38. The van der Waals surface area contributed by atoms with E-state index in [-0.39, 0.29) is 0 Å². The Morgan fingerprint density at radius 1 is 0.944 bits per heavy atom. The van der Waals surface area contributed by atoms with E-state index in [1.165, 1.54) is 5.56 Å². The number of methoxy groups -OCH3 is 3. The van der Waals surface area contributed by atoms with Crippen LogP contribution in [-0.2, 0) is 0 Å². The molecule has 18 heavy (non-hydrogen) atoms. The van der Waals surface area contributed by atoms with E-state index in [1.807, 2.05) is 6.07 Å². The standard InChI is InChI=1S/C15H24O3/c1-6-8-11(7-2)12-9-10-13(16-3)15(18-5)14(12)17-4/h9-11H,6-8H2,1-5H3. The highest BCUT2D eigenvalue weighted by molar-refractivity contribution is 5.56. The molecule has 0 saturated carbocycles. The molecule has 0 spiro atoms. The fourth-order valence-electron chi connectivity index (χ4n) is 2.37. The summed E-state index contributed by atoms with van der Waals surface area (Å²) in [5.41, 5.74) is 1.21. The van der Waals surface area contributed by atoms with Gasteiger partial charge in [0.05, 0.1) is 21.3 Å². The normalized spacial score (nSPS) is 12.1. The van der Waals surface area contributed by atoms with Crippen molar-refractivity contribution >= 4 is 0 Å². The van der Waals surface area contributed by atoms with Gasteiger partial charge in [-0.2, -0.15) is 0 Å². The molecule has 0 N–H and O–H groups in total. The molecule has 0 fully saturated rings. The number of benzene rings is 1. The van der Waals surface area contributed by atoms with Crippen molar-refractivity contribution in [2.75, 3.05) is 21.3 Å². The second-order valence-electron chi connectivity index (χ2n) is 4.32. The Morgan fingerprint density at radius 2 is 1.61 bits per heavy atom. The third-order valence-electron chi connectivity index (χ3n) is 3.30. The minimum Gasteiger partial charge on any atom is -0.493 e. The molecule has 102 valence electrons. The summed E-state index contributed by atoms with van der Waals surface area (Å²) in [5, 5.41) is 0. The first kappa shape index (κ1) is 14.7. The van der Waals surface area contributed by atoms with E-state index >= 15 is 0 Å². The highest BCUT2D eigenvalue weighted by Gasteiger charge is 2.20. The molecule has 3 heteroatoms. The zero-order valence-electron chi connectivity index (χ0n) is 12.1. The molecule has 1 aromatic carbocycles. The summed E-state index contributed by atoms with van der Waals surface area (Å²) >= 11 is 0. The summed E-state index contributed by atoms with van der Waals surface area (Å²) in [4.78, 5) is 0. The molecular formula is C15H24O3. The molecule has 1 aromatic rings. The fraction of sp³-hybridized carbons (Fsp3) is 0.600. The van der Waals surface area contributed by atoms with Crippen LogP contribution in [0.5, 0.6) is 17.2 Å². The topological polar surface area (TPSA) is 27.7 Å². The Balaban J connectivity index is 3.26. The highest BCUT2D eigenvalue weighted by Crippen LogP contribution is 2.44. The van der Waals surface area contributed by atoms with E-state index in [1.54, 1.807) is 21.3 Å². The van der Waals surface area contributed by atoms with Crippen molar-refractivity contribution < 1.29 is 14.2 Å². The van der Waals surface area contributed by atoms with Gasteiger partial charge in [0.2, 0.25) is 5.75 Å². The molecule has 1 atom stereocenters. The van der Waals surface area contributed by atoms with Gasteiger partial charge in [-0.05, 0) is 24.8 Å². The molecule has 0 aliphatic rings. The molecule has 0 heterocycles. The zero-order chi connectivity index (χ0) is 13.5. The van der Waals surface area contributed by atoms with Crippen LogP contribution in [0, 0.1) is 0 Å². The molecule has 0 aliphatic carbocycles. The third kappa shape index (κ3) is 2.89. The number of ether oxygens (including phenoxy) is 3. The maximum Gasteiger partial charge on any atom is 0.203 e. The van der Waals surface area contributed by atoms with Gasteiger partial charge in [0, 0.05) is 5.56 Å². The average molecular weight is 252 g/mol. The van der Waals surface area contributed by atoms with Crippen LogP contribution in [0.25, 0.3) is 0 Å². The largest absolute Gasteiger partial charge is 0.493 e. The minimum absolute atomic E-state index is 0.504. The van der Waals surface area contributed by atoms with Gasteiger partial charge in [0.1, 0.15) is 0 Å². The molecule has 1 unspecified atom stereocenters. The quantitative estimate of drug-likeness (QED) is 0.734. The molecule has 0 saturated heterocycles. The predicted octanol–water partition coefficient (Wildman–Crippen LogP) is 4.01. The molecule has 0 aromatic heterocycles. The summed E-state index contributed by atoms with van der Waals surface area (Å²) < 4.78 is 16.3. The van der Waals surface area contributed by atoms with E-state index in [4.69, 9.17) is 14.2 Å². The van der Waals surface area contributed by atoms with Crippen LogP contribution < -0.4 is 14.2 Å². The van der Waals surface area contributed by atoms with Crippen LogP contribution in [0.2, 0.25) is 0 Å². The van der Waals surface area contributed by atoms with Crippen LogP contribution in [0.3, 0.4) is 0 Å². The molecule has 0 aliphatic heterocycles. The minimum atomic E-state index is 0.504. The van der Waals surface area contributed by atoms with Gasteiger partial charge < -0.3 is 14.2 Å². The van der Waals surface area contributed by atoms with E-state index < -0.39 is 0 Å². The van der Waals surface area contributed by atoms with Crippen LogP contribution in [0.4, 0.5) is 0 Å². The molecule has 1 rings (SSSR count). The summed E-state index contributed by atoms with van der Waals surface area (Å²) in [5.74, 6) is 2.71. The van der Waals surface area contributed by atoms with Gasteiger partial charge in [-0.1, -0.05) is 26.3 Å². The van der Waals surface area contributed by atoms with E-state index in [2.05, 4.69) is 19.9 Å². The smallest absolute Gasteiger partial charge is 0.203 e. The summed E-state index contributed by atoms with van der Waals surface area (Å²) in [6.07, 6.45) is 3.41. The lowest BCUT2D eigenvalue weighted by Crippen LogP contribution is -2.03. The maximum absolute atomic E-state index is 5.53. The Kier molecular flexibility index (Phi) is 5.83. The first-order chi connectivity index (χ1) is 8.73.